The third kappa shape index (κ3) is 3.49. The van der Waals surface area contributed by atoms with Crippen molar-refractivity contribution in [3.05, 3.63) is 42.1 Å². The summed E-state index contributed by atoms with van der Waals surface area (Å²) in [5.41, 5.74) is 2.19. The van der Waals surface area contributed by atoms with E-state index in [0.717, 1.165) is 30.4 Å². The molecule has 1 fully saturated rings. The Morgan fingerprint density at radius 2 is 2.24 bits per heavy atom. The Morgan fingerprint density at radius 1 is 1.33 bits per heavy atom. The van der Waals surface area contributed by atoms with Gasteiger partial charge in [-0.3, -0.25) is 4.98 Å². The average molecular weight is 285 g/mol. The summed E-state index contributed by atoms with van der Waals surface area (Å²) in [6.45, 7) is 1.95. The van der Waals surface area contributed by atoms with Crippen molar-refractivity contribution in [2.45, 2.75) is 18.9 Å². The van der Waals surface area contributed by atoms with Gasteiger partial charge >= 0.3 is 6.03 Å². The van der Waals surface area contributed by atoms with Crippen molar-refractivity contribution in [1.29, 1.82) is 0 Å². The molecule has 3 rings (SSSR count). The third-order valence-electron chi connectivity index (χ3n) is 3.68. The van der Waals surface area contributed by atoms with Gasteiger partial charge in [0.05, 0.1) is 18.2 Å². The van der Waals surface area contributed by atoms with E-state index in [0.29, 0.717) is 13.2 Å². The smallest absolute Gasteiger partial charge is 0.315 e. The lowest BCUT2D eigenvalue weighted by Gasteiger charge is -2.12. The molecule has 0 spiro atoms. The van der Waals surface area contributed by atoms with Crippen molar-refractivity contribution < 1.29 is 9.53 Å². The number of urea groups is 1. The number of benzene rings is 1. The van der Waals surface area contributed by atoms with Crippen LogP contribution in [0.15, 0.2) is 36.5 Å². The monoisotopic (exact) mass is 285 g/mol. The maximum Gasteiger partial charge on any atom is 0.315 e. The Balaban J connectivity index is 1.53. The van der Waals surface area contributed by atoms with Crippen LogP contribution in [0.1, 0.15) is 12.0 Å². The molecule has 21 heavy (non-hydrogen) atoms. The van der Waals surface area contributed by atoms with Crippen LogP contribution in [0.3, 0.4) is 0 Å². The Bertz CT molecular complexity index is 618. The number of aromatic nitrogens is 1. The summed E-state index contributed by atoms with van der Waals surface area (Å²) in [6, 6.07) is 10.1. The lowest BCUT2D eigenvalue weighted by molar-refractivity contribution is 0.188. The normalized spacial score (nSPS) is 17.8. The minimum atomic E-state index is -0.121. The van der Waals surface area contributed by atoms with Crippen molar-refractivity contribution in [2.75, 3.05) is 19.8 Å². The van der Waals surface area contributed by atoms with Gasteiger partial charge in [0, 0.05) is 24.7 Å². The minimum Gasteiger partial charge on any atom is -0.379 e. The topological polar surface area (TPSA) is 63.2 Å². The summed E-state index contributed by atoms with van der Waals surface area (Å²) in [5.74, 6) is 0. The van der Waals surface area contributed by atoms with Gasteiger partial charge in [-0.15, -0.1) is 0 Å². The molecule has 2 amide bonds. The quantitative estimate of drug-likeness (QED) is 0.901. The molecule has 0 aliphatic carbocycles. The van der Waals surface area contributed by atoms with E-state index in [1.807, 2.05) is 30.5 Å². The fourth-order valence-electron chi connectivity index (χ4n) is 2.57. The number of nitrogens with zero attached hydrogens (tertiary/aromatic N) is 1. The zero-order chi connectivity index (χ0) is 14.5. The molecule has 110 valence electrons. The summed E-state index contributed by atoms with van der Waals surface area (Å²) in [6.07, 6.45) is 3.49. The zero-order valence-electron chi connectivity index (χ0n) is 11.8. The number of hydrogen-bond donors (Lipinski definition) is 2. The van der Waals surface area contributed by atoms with E-state index in [4.69, 9.17) is 4.74 Å². The number of para-hydroxylation sites is 1. The van der Waals surface area contributed by atoms with Crippen LogP contribution in [0.2, 0.25) is 0 Å². The highest BCUT2D eigenvalue weighted by molar-refractivity contribution is 5.82. The molecule has 2 aromatic rings. The molecule has 0 unspecified atom stereocenters. The summed E-state index contributed by atoms with van der Waals surface area (Å²) >= 11 is 0. The molecular formula is C16H19N3O2. The third-order valence-corrected chi connectivity index (χ3v) is 3.68. The van der Waals surface area contributed by atoms with Crippen LogP contribution in [0.5, 0.6) is 0 Å². The van der Waals surface area contributed by atoms with Gasteiger partial charge in [0.1, 0.15) is 0 Å². The predicted molar refractivity (Wildman–Crippen MR) is 81.2 cm³/mol. The molecule has 0 saturated carbocycles. The van der Waals surface area contributed by atoms with E-state index >= 15 is 0 Å². The van der Waals surface area contributed by atoms with Gasteiger partial charge in [-0.2, -0.15) is 0 Å². The maximum absolute atomic E-state index is 11.8. The SMILES string of the molecule is O=C(NCCc1ccnc2ccccc12)N[C@@H]1CCOC1. The van der Waals surface area contributed by atoms with E-state index < -0.39 is 0 Å². The Hall–Kier alpha value is -2.14. The van der Waals surface area contributed by atoms with Crippen LogP contribution in [-0.4, -0.2) is 36.8 Å². The Morgan fingerprint density at radius 3 is 3.10 bits per heavy atom. The molecule has 5 nitrogen and oxygen atoms in total. The second-order valence-corrected chi connectivity index (χ2v) is 5.20. The fraction of sp³-hybridized carbons (Fsp3) is 0.375. The lowest BCUT2D eigenvalue weighted by atomic mass is 10.1. The largest absolute Gasteiger partial charge is 0.379 e. The highest BCUT2D eigenvalue weighted by Crippen LogP contribution is 2.16. The van der Waals surface area contributed by atoms with Gasteiger partial charge in [-0.1, -0.05) is 18.2 Å². The van der Waals surface area contributed by atoms with Crippen LogP contribution < -0.4 is 10.6 Å². The number of carbonyl (C=O) groups excluding carboxylic acids is 1. The summed E-state index contributed by atoms with van der Waals surface area (Å²) in [7, 11) is 0. The molecule has 0 bridgehead atoms. The number of nitrogens with one attached hydrogen (secondary N) is 2. The standard InChI is InChI=1S/C16H19N3O2/c20-16(19-13-7-10-21-11-13)18-9-6-12-5-8-17-15-4-2-1-3-14(12)15/h1-5,8,13H,6-7,9-11H2,(H2,18,19,20)/t13-/m1/s1. The highest BCUT2D eigenvalue weighted by Gasteiger charge is 2.17. The number of amides is 2. The first kappa shape index (κ1) is 13.8. The molecule has 2 N–H and O–H groups in total. The van der Waals surface area contributed by atoms with Gasteiger partial charge in [0.2, 0.25) is 0 Å². The molecule has 5 heteroatoms. The van der Waals surface area contributed by atoms with Crippen LogP contribution in [0.4, 0.5) is 4.79 Å². The maximum atomic E-state index is 11.8. The number of fused-ring (bicyclic) bond motifs is 1. The van der Waals surface area contributed by atoms with Gasteiger partial charge < -0.3 is 15.4 Å². The van der Waals surface area contributed by atoms with E-state index in [-0.39, 0.29) is 12.1 Å². The molecule has 1 saturated heterocycles. The molecule has 0 radical (unpaired) electrons. The van der Waals surface area contributed by atoms with Crippen molar-refractivity contribution in [3.8, 4) is 0 Å². The first-order valence-electron chi connectivity index (χ1n) is 7.27. The molecule has 1 aromatic heterocycles. The van der Waals surface area contributed by atoms with Crippen molar-refractivity contribution in [2.24, 2.45) is 0 Å². The first-order chi connectivity index (χ1) is 10.3. The second kappa shape index (κ2) is 6.54. The van der Waals surface area contributed by atoms with Gasteiger partial charge in [-0.25, -0.2) is 4.79 Å². The predicted octanol–water partition coefficient (Wildman–Crippen LogP) is 1.87. The highest BCUT2D eigenvalue weighted by atomic mass is 16.5. The molecule has 1 aliphatic rings. The Labute approximate surface area is 123 Å². The summed E-state index contributed by atoms with van der Waals surface area (Å²) in [5, 5.41) is 6.96. The fourth-order valence-corrected chi connectivity index (χ4v) is 2.57. The molecule has 1 aliphatic heterocycles. The molecular weight excluding hydrogens is 266 g/mol. The van der Waals surface area contributed by atoms with E-state index in [1.54, 1.807) is 0 Å². The number of hydrogen-bond acceptors (Lipinski definition) is 3. The number of ether oxygens (including phenoxy) is 1. The minimum absolute atomic E-state index is 0.121. The van der Waals surface area contributed by atoms with E-state index in [1.165, 1.54) is 5.56 Å². The number of pyridine rings is 1. The Kier molecular flexibility index (Phi) is 4.31. The van der Waals surface area contributed by atoms with Crippen molar-refractivity contribution in [1.82, 2.24) is 15.6 Å². The van der Waals surface area contributed by atoms with Gasteiger partial charge in [-0.05, 0) is 30.5 Å². The van der Waals surface area contributed by atoms with E-state index in [2.05, 4.69) is 21.7 Å². The van der Waals surface area contributed by atoms with Gasteiger partial charge in [0.15, 0.2) is 0 Å². The molecule has 1 atom stereocenters. The van der Waals surface area contributed by atoms with Crippen LogP contribution in [0.25, 0.3) is 10.9 Å². The van der Waals surface area contributed by atoms with Crippen LogP contribution >= 0.6 is 0 Å². The molecule has 1 aromatic carbocycles. The van der Waals surface area contributed by atoms with Crippen LogP contribution in [0, 0.1) is 0 Å². The summed E-state index contributed by atoms with van der Waals surface area (Å²) < 4.78 is 5.23. The number of rotatable bonds is 4. The zero-order valence-corrected chi connectivity index (χ0v) is 11.8. The first-order valence-corrected chi connectivity index (χ1v) is 7.27. The lowest BCUT2D eigenvalue weighted by Crippen LogP contribution is -2.42. The second-order valence-electron chi connectivity index (χ2n) is 5.20. The average Bonchev–Trinajstić information content (AvgIpc) is 3.00. The van der Waals surface area contributed by atoms with Crippen molar-refractivity contribution >= 4 is 16.9 Å². The van der Waals surface area contributed by atoms with E-state index in [9.17, 15) is 4.79 Å². The van der Waals surface area contributed by atoms with Crippen LogP contribution in [-0.2, 0) is 11.2 Å². The van der Waals surface area contributed by atoms with Crippen molar-refractivity contribution in [3.63, 3.8) is 0 Å². The summed E-state index contributed by atoms with van der Waals surface area (Å²) in [4.78, 5) is 16.1. The van der Waals surface area contributed by atoms with Gasteiger partial charge in [0.25, 0.3) is 0 Å². The number of carbonyl (C=O) groups is 1. The molecule has 2 heterocycles.